The van der Waals surface area contributed by atoms with Crippen LogP contribution in [0.25, 0.3) is 22.3 Å². The summed E-state index contributed by atoms with van der Waals surface area (Å²) < 4.78 is 6.86. The van der Waals surface area contributed by atoms with Crippen LogP contribution in [-0.2, 0) is 34.7 Å². The predicted octanol–water partition coefficient (Wildman–Crippen LogP) is 3.04. The van der Waals surface area contributed by atoms with Gasteiger partial charge in [-0.1, -0.05) is 39.0 Å². The number of nitrogens with one attached hydrogen (secondary N) is 1. The number of aliphatic hydroxyl groups is 1. The van der Waals surface area contributed by atoms with E-state index in [-0.39, 0.29) is 31.0 Å². The van der Waals surface area contributed by atoms with Crippen LogP contribution in [0.5, 0.6) is 0 Å². The third-order valence-electron chi connectivity index (χ3n) is 6.64. The molecule has 0 fully saturated rings. The number of aromatic nitrogens is 2. The van der Waals surface area contributed by atoms with Crippen LogP contribution in [0.4, 0.5) is 0 Å². The Morgan fingerprint density at radius 1 is 1.24 bits per heavy atom. The zero-order valence-corrected chi connectivity index (χ0v) is 19.8. The van der Waals surface area contributed by atoms with Crippen molar-refractivity contribution in [3.05, 3.63) is 62.9 Å². The molecule has 7 nitrogen and oxygen atoms in total. The van der Waals surface area contributed by atoms with E-state index in [4.69, 9.17) is 9.72 Å². The Morgan fingerprint density at radius 3 is 2.73 bits per heavy atom. The van der Waals surface area contributed by atoms with Crippen molar-refractivity contribution in [1.82, 2.24) is 14.9 Å². The number of para-hydroxylation sites is 1. The number of esters is 1. The normalized spacial score (nSPS) is 18.5. The lowest BCUT2D eigenvalue weighted by atomic mass is 9.86. The van der Waals surface area contributed by atoms with Crippen LogP contribution in [0.3, 0.4) is 0 Å². The SMILES string of the molecule is CCC1(O)C(=O)OCc2c1cc1n(c2=O)Cc2c-1nc1ccccc1c2CCNC(C)C.Cl. The number of rotatable bonds is 5. The van der Waals surface area contributed by atoms with Gasteiger partial charge in [0, 0.05) is 22.6 Å². The summed E-state index contributed by atoms with van der Waals surface area (Å²) in [7, 11) is 0. The second kappa shape index (κ2) is 8.56. The first-order valence-corrected chi connectivity index (χ1v) is 11.2. The minimum Gasteiger partial charge on any atom is -0.458 e. The average Bonchev–Trinajstić information content (AvgIpc) is 3.15. The Hall–Kier alpha value is -2.74. The van der Waals surface area contributed by atoms with Crippen molar-refractivity contribution in [3.63, 3.8) is 0 Å². The first-order valence-electron chi connectivity index (χ1n) is 11.2. The van der Waals surface area contributed by atoms with Crippen LogP contribution in [-0.4, -0.2) is 33.2 Å². The first kappa shape index (κ1) is 23.4. The minimum atomic E-state index is -1.81. The summed E-state index contributed by atoms with van der Waals surface area (Å²) in [6, 6.07) is 10.2. The molecule has 0 amide bonds. The van der Waals surface area contributed by atoms with Crippen molar-refractivity contribution >= 4 is 29.3 Å². The maximum absolute atomic E-state index is 13.4. The van der Waals surface area contributed by atoms with Gasteiger partial charge >= 0.3 is 5.97 Å². The number of hydrogen-bond donors (Lipinski definition) is 2. The molecule has 0 radical (unpaired) electrons. The summed E-state index contributed by atoms with van der Waals surface area (Å²) in [5.74, 6) is -0.706. The van der Waals surface area contributed by atoms with Crippen LogP contribution in [0.15, 0.2) is 35.1 Å². The van der Waals surface area contributed by atoms with Gasteiger partial charge in [-0.3, -0.25) is 4.79 Å². The molecular formula is C25H28ClN3O4. The van der Waals surface area contributed by atoms with Crippen LogP contribution >= 0.6 is 12.4 Å². The minimum absolute atomic E-state index is 0. The van der Waals surface area contributed by atoms with E-state index < -0.39 is 11.6 Å². The number of ether oxygens (including phenoxy) is 1. The smallest absolute Gasteiger partial charge is 0.343 e. The quantitative estimate of drug-likeness (QED) is 0.436. The van der Waals surface area contributed by atoms with E-state index in [2.05, 4.69) is 25.2 Å². The van der Waals surface area contributed by atoms with Gasteiger partial charge in [0.15, 0.2) is 5.60 Å². The van der Waals surface area contributed by atoms with Crippen LogP contribution < -0.4 is 10.9 Å². The Balaban J connectivity index is 0.00000259. The monoisotopic (exact) mass is 469 g/mol. The molecule has 4 heterocycles. The van der Waals surface area contributed by atoms with Gasteiger partial charge in [-0.2, -0.15) is 0 Å². The van der Waals surface area contributed by atoms with Gasteiger partial charge in [0.2, 0.25) is 0 Å². The Morgan fingerprint density at radius 2 is 2.00 bits per heavy atom. The zero-order chi connectivity index (χ0) is 22.6. The third-order valence-corrected chi connectivity index (χ3v) is 6.64. The van der Waals surface area contributed by atoms with E-state index in [1.807, 2.05) is 18.2 Å². The van der Waals surface area contributed by atoms with Crippen LogP contribution in [0, 0.1) is 0 Å². The summed E-state index contributed by atoms with van der Waals surface area (Å²) in [6.07, 6.45) is 0.943. The third kappa shape index (κ3) is 3.55. The molecule has 2 aliphatic rings. The van der Waals surface area contributed by atoms with Crippen molar-refractivity contribution in [2.45, 2.75) is 58.4 Å². The van der Waals surface area contributed by atoms with Crippen LogP contribution in [0.2, 0.25) is 0 Å². The maximum Gasteiger partial charge on any atom is 0.343 e. The molecule has 0 saturated carbocycles. The summed E-state index contributed by atoms with van der Waals surface area (Å²) in [5.41, 5.74) is 3.12. The van der Waals surface area contributed by atoms with Gasteiger partial charge in [-0.25, -0.2) is 9.78 Å². The van der Waals surface area contributed by atoms with Crippen molar-refractivity contribution in [1.29, 1.82) is 0 Å². The second-order valence-corrected chi connectivity index (χ2v) is 8.90. The highest BCUT2D eigenvalue weighted by molar-refractivity contribution is 5.89. The van der Waals surface area contributed by atoms with Gasteiger partial charge in [0.05, 0.1) is 29.0 Å². The molecule has 5 rings (SSSR count). The molecule has 1 aromatic carbocycles. The summed E-state index contributed by atoms with van der Waals surface area (Å²) in [5, 5.41) is 15.6. The first-order chi connectivity index (χ1) is 15.3. The van der Waals surface area contributed by atoms with E-state index >= 15 is 0 Å². The molecule has 2 N–H and O–H groups in total. The van der Waals surface area contributed by atoms with E-state index in [1.54, 1.807) is 17.6 Å². The molecule has 8 heteroatoms. The predicted molar refractivity (Wildman–Crippen MR) is 129 cm³/mol. The number of halogens is 1. The van der Waals surface area contributed by atoms with Gasteiger partial charge in [0.25, 0.3) is 5.56 Å². The fraction of sp³-hybridized carbons (Fsp3) is 0.400. The summed E-state index contributed by atoms with van der Waals surface area (Å²) in [6.45, 7) is 7.07. The molecule has 0 saturated heterocycles. The molecule has 1 atom stereocenters. The van der Waals surface area contributed by atoms with E-state index in [0.29, 0.717) is 29.4 Å². The Labute approximate surface area is 198 Å². The van der Waals surface area contributed by atoms with Gasteiger partial charge < -0.3 is 19.7 Å². The molecule has 3 aromatic rings. The highest BCUT2D eigenvalue weighted by Gasteiger charge is 2.45. The highest BCUT2D eigenvalue weighted by atomic mass is 35.5. The molecule has 1 unspecified atom stereocenters. The number of benzene rings is 1. The van der Waals surface area contributed by atoms with Crippen LogP contribution in [0.1, 0.15) is 49.4 Å². The Kier molecular flexibility index (Phi) is 6.07. The highest BCUT2D eigenvalue weighted by Crippen LogP contribution is 2.40. The molecule has 174 valence electrons. The zero-order valence-electron chi connectivity index (χ0n) is 19.0. The number of carbonyl (C=O) groups excluding carboxylic acids is 1. The molecule has 0 aliphatic carbocycles. The largest absolute Gasteiger partial charge is 0.458 e. The summed E-state index contributed by atoms with van der Waals surface area (Å²) >= 11 is 0. The van der Waals surface area contributed by atoms with Crippen molar-refractivity contribution in [2.75, 3.05) is 6.54 Å². The standard InChI is InChI=1S/C25H27N3O4.ClH/c1-4-25(31)19-11-21-22-17(12-28(21)23(29)18(19)13-32-24(25)30)15(9-10-26-14(2)3)16-7-5-6-8-20(16)27-22;/h5-8,11,14,26,31H,4,9-10,12-13H2,1-3H3;1H. The molecule has 2 aliphatic heterocycles. The topological polar surface area (TPSA) is 93.5 Å². The molecular weight excluding hydrogens is 442 g/mol. The summed E-state index contributed by atoms with van der Waals surface area (Å²) in [4.78, 5) is 30.7. The average molecular weight is 470 g/mol. The molecule has 33 heavy (non-hydrogen) atoms. The maximum atomic E-state index is 13.4. The number of hydrogen-bond acceptors (Lipinski definition) is 6. The van der Waals surface area contributed by atoms with Gasteiger partial charge in [-0.15, -0.1) is 12.4 Å². The molecule has 2 aromatic heterocycles. The Bertz CT molecular complexity index is 1320. The number of nitrogens with zero attached hydrogens (tertiary/aromatic N) is 2. The fourth-order valence-corrected chi connectivity index (χ4v) is 4.88. The fourth-order valence-electron chi connectivity index (χ4n) is 4.88. The van der Waals surface area contributed by atoms with E-state index in [0.717, 1.165) is 35.1 Å². The van der Waals surface area contributed by atoms with E-state index in [9.17, 15) is 14.7 Å². The van der Waals surface area contributed by atoms with E-state index in [1.165, 1.54) is 5.56 Å². The second-order valence-electron chi connectivity index (χ2n) is 8.90. The lowest BCUT2D eigenvalue weighted by molar-refractivity contribution is -0.172. The lowest BCUT2D eigenvalue weighted by Crippen LogP contribution is -2.44. The lowest BCUT2D eigenvalue weighted by Gasteiger charge is -2.31. The number of carbonyl (C=O) groups is 1. The number of cyclic esters (lactones) is 1. The van der Waals surface area contributed by atoms with Crippen molar-refractivity contribution < 1.29 is 14.6 Å². The molecule has 0 bridgehead atoms. The number of pyridine rings is 2. The number of fused-ring (bicyclic) bond motifs is 5. The van der Waals surface area contributed by atoms with Crippen molar-refractivity contribution in [2.24, 2.45) is 0 Å². The molecule has 0 spiro atoms. The van der Waals surface area contributed by atoms with Crippen molar-refractivity contribution in [3.8, 4) is 11.4 Å². The van der Waals surface area contributed by atoms with Gasteiger partial charge in [-0.05, 0) is 37.1 Å². The van der Waals surface area contributed by atoms with Gasteiger partial charge in [0.1, 0.15) is 6.61 Å².